The Morgan fingerprint density at radius 3 is 2.58 bits per heavy atom. The number of nitrogens with zero attached hydrogens (tertiary/aromatic N) is 3. The van der Waals surface area contributed by atoms with Crippen LogP contribution in [0.3, 0.4) is 0 Å². The summed E-state index contributed by atoms with van der Waals surface area (Å²) in [6.45, 7) is 7.07. The van der Waals surface area contributed by atoms with Crippen molar-refractivity contribution in [2.45, 2.75) is 39.8 Å². The Morgan fingerprint density at radius 1 is 1.08 bits per heavy atom. The van der Waals surface area contributed by atoms with Gasteiger partial charge < -0.3 is 10.6 Å². The number of aryl methyl sites for hydroxylation is 1. The number of aromatic nitrogens is 3. The van der Waals surface area contributed by atoms with Crippen LogP contribution in [0.4, 0.5) is 11.8 Å². The molecule has 0 unspecified atom stereocenters. The number of rotatable bonds is 7. The van der Waals surface area contributed by atoms with E-state index in [2.05, 4.69) is 70.6 Å². The molecular formula is C21H25N5. The van der Waals surface area contributed by atoms with Gasteiger partial charge in [0.25, 0.3) is 0 Å². The lowest BCUT2D eigenvalue weighted by Crippen LogP contribution is -2.16. The summed E-state index contributed by atoms with van der Waals surface area (Å²) >= 11 is 0. The summed E-state index contributed by atoms with van der Waals surface area (Å²) in [7, 11) is 0. The molecule has 0 spiro atoms. The van der Waals surface area contributed by atoms with Crippen LogP contribution in [-0.4, -0.2) is 21.0 Å². The lowest BCUT2D eigenvalue weighted by molar-refractivity contribution is 0.753. The van der Waals surface area contributed by atoms with E-state index < -0.39 is 0 Å². The fourth-order valence-corrected chi connectivity index (χ4v) is 2.49. The van der Waals surface area contributed by atoms with Crippen molar-refractivity contribution in [1.82, 2.24) is 15.0 Å². The van der Waals surface area contributed by atoms with E-state index in [1.165, 1.54) is 11.1 Å². The second-order valence-electron chi connectivity index (χ2n) is 6.50. The van der Waals surface area contributed by atoms with E-state index in [0.29, 0.717) is 18.5 Å². The normalized spacial score (nSPS) is 11.8. The third-order valence-corrected chi connectivity index (χ3v) is 4.27. The van der Waals surface area contributed by atoms with E-state index in [0.717, 1.165) is 23.5 Å². The van der Waals surface area contributed by atoms with Gasteiger partial charge in [-0.05, 0) is 38.0 Å². The zero-order chi connectivity index (χ0) is 18.4. The monoisotopic (exact) mass is 347 g/mol. The molecule has 3 rings (SSSR count). The number of hydrogen-bond acceptors (Lipinski definition) is 5. The summed E-state index contributed by atoms with van der Waals surface area (Å²) in [4.78, 5) is 13.5. The minimum Gasteiger partial charge on any atom is -0.366 e. The highest BCUT2D eigenvalue weighted by molar-refractivity contribution is 5.63. The molecule has 0 radical (unpaired) electrons. The molecule has 0 fully saturated rings. The SMILES string of the molecule is CC[C@@H](C)Nc1nc(NCc2ccc(C)cc2)cc(-c2cccnc2)n1. The molecule has 0 saturated heterocycles. The van der Waals surface area contributed by atoms with Crippen LogP contribution in [0.25, 0.3) is 11.3 Å². The number of anilines is 2. The minimum absolute atomic E-state index is 0.309. The van der Waals surface area contributed by atoms with Gasteiger partial charge in [0, 0.05) is 36.6 Å². The molecule has 134 valence electrons. The van der Waals surface area contributed by atoms with Gasteiger partial charge in [0.05, 0.1) is 5.69 Å². The van der Waals surface area contributed by atoms with Crippen molar-refractivity contribution in [1.29, 1.82) is 0 Å². The van der Waals surface area contributed by atoms with Gasteiger partial charge in [-0.25, -0.2) is 4.98 Å². The van der Waals surface area contributed by atoms with Crippen molar-refractivity contribution in [2.24, 2.45) is 0 Å². The highest BCUT2D eigenvalue weighted by Gasteiger charge is 2.09. The number of pyridine rings is 1. The molecule has 5 nitrogen and oxygen atoms in total. The average Bonchev–Trinajstić information content (AvgIpc) is 2.68. The van der Waals surface area contributed by atoms with Crippen LogP contribution in [-0.2, 0) is 6.54 Å². The van der Waals surface area contributed by atoms with Gasteiger partial charge in [0.15, 0.2) is 0 Å². The van der Waals surface area contributed by atoms with E-state index in [1.54, 1.807) is 6.20 Å². The van der Waals surface area contributed by atoms with Crippen molar-refractivity contribution in [2.75, 3.05) is 10.6 Å². The lowest BCUT2D eigenvalue weighted by atomic mass is 10.1. The smallest absolute Gasteiger partial charge is 0.225 e. The Morgan fingerprint density at radius 2 is 1.88 bits per heavy atom. The molecule has 2 aromatic heterocycles. The quantitative estimate of drug-likeness (QED) is 0.650. The van der Waals surface area contributed by atoms with E-state index in [9.17, 15) is 0 Å². The standard InChI is InChI=1S/C21H25N5/c1-4-16(3)24-21-25-19(18-6-5-11-22-14-18)12-20(26-21)23-13-17-9-7-15(2)8-10-17/h5-12,14,16H,4,13H2,1-3H3,(H2,23,24,25,26)/t16-/m1/s1. The molecule has 3 aromatic rings. The number of benzene rings is 1. The summed E-state index contributed by atoms with van der Waals surface area (Å²) in [6, 6.07) is 14.7. The predicted molar refractivity (Wildman–Crippen MR) is 107 cm³/mol. The Hall–Kier alpha value is -2.95. The summed E-state index contributed by atoms with van der Waals surface area (Å²) in [6.07, 6.45) is 4.59. The first-order valence-corrected chi connectivity index (χ1v) is 8.99. The van der Waals surface area contributed by atoms with Crippen LogP contribution in [0, 0.1) is 6.92 Å². The molecule has 1 atom stereocenters. The third-order valence-electron chi connectivity index (χ3n) is 4.27. The average molecular weight is 347 g/mol. The second-order valence-corrected chi connectivity index (χ2v) is 6.50. The van der Waals surface area contributed by atoms with Crippen LogP contribution in [0.5, 0.6) is 0 Å². The van der Waals surface area contributed by atoms with Crippen molar-refractivity contribution >= 4 is 11.8 Å². The van der Waals surface area contributed by atoms with Crippen molar-refractivity contribution in [3.8, 4) is 11.3 Å². The zero-order valence-corrected chi connectivity index (χ0v) is 15.5. The molecule has 1 aromatic carbocycles. The van der Waals surface area contributed by atoms with Gasteiger partial charge in [-0.1, -0.05) is 36.8 Å². The Labute approximate surface area is 154 Å². The largest absolute Gasteiger partial charge is 0.366 e. The molecule has 2 N–H and O–H groups in total. The molecule has 0 aliphatic carbocycles. The van der Waals surface area contributed by atoms with Crippen LogP contribution in [0.2, 0.25) is 0 Å². The zero-order valence-electron chi connectivity index (χ0n) is 15.5. The van der Waals surface area contributed by atoms with Gasteiger partial charge in [-0.3, -0.25) is 4.98 Å². The molecule has 26 heavy (non-hydrogen) atoms. The minimum atomic E-state index is 0.309. The Bertz CT molecular complexity index is 831. The molecular weight excluding hydrogens is 322 g/mol. The topological polar surface area (TPSA) is 62.7 Å². The molecule has 0 amide bonds. The van der Waals surface area contributed by atoms with Gasteiger partial charge in [0.1, 0.15) is 5.82 Å². The first-order valence-electron chi connectivity index (χ1n) is 8.99. The van der Waals surface area contributed by atoms with Gasteiger partial charge in [-0.2, -0.15) is 4.98 Å². The maximum Gasteiger partial charge on any atom is 0.225 e. The van der Waals surface area contributed by atoms with Crippen molar-refractivity contribution in [3.05, 3.63) is 66.0 Å². The molecule has 0 aliphatic heterocycles. The highest BCUT2D eigenvalue weighted by Crippen LogP contribution is 2.21. The van der Waals surface area contributed by atoms with Gasteiger partial charge in [0.2, 0.25) is 5.95 Å². The van der Waals surface area contributed by atoms with E-state index >= 15 is 0 Å². The van der Waals surface area contributed by atoms with E-state index in [1.807, 2.05) is 24.4 Å². The Balaban J connectivity index is 1.85. The van der Waals surface area contributed by atoms with Crippen LogP contribution in [0.1, 0.15) is 31.4 Å². The summed E-state index contributed by atoms with van der Waals surface area (Å²) < 4.78 is 0. The fraction of sp³-hybridized carbons (Fsp3) is 0.286. The third kappa shape index (κ3) is 4.79. The highest BCUT2D eigenvalue weighted by atomic mass is 15.2. The Kier molecular flexibility index (Phi) is 5.79. The molecule has 0 aliphatic rings. The lowest BCUT2D eigenvalue weighted by Gasteiger charge is -2.14. The van der Waals surface area contributed by atoms with Crippen LogP contribution >= 0.6 is 0 Å². The van der Waals surface area contributed by atoms with Crippen molar-refractivity contribution in [3.63, 3.8) is 0 Å². The van der Waals surface area contributed by atoms with Crippen LogP contribution in [0.15, 0.2) is 54.9 Å². The number of nitrogens with one attached hydrogen (secondary N) is 2. The van der Waals surface area contributed by atoms with E-state index in [4.69, 9.17) is 0 Å². The predicted octanol–water partition coefficient (Wildman–Crippen LogP) is 4.67. The molecule has 0 saturated carbocycles. The fourth-order valence-electron chi connectivity index (χ4n) is 2.49. The molecule has 2 heterocycles. The van der Waals surface area contributed by atoms with Crippen LogP contribution < -0.4 is 10.6 Å². The van der Waals surface area contributed by atoms with Gasteiger partial charge in [-0.15, -0.1) is 0 Å². The number of hydrogen-bond donors (Lipinski definition) is 2. The summed E-state index contributed by atoms with van der Waals surface area (Å²) in [5.74, 6) is 1.43. The first kappa shape index (κ1) is 17.9. The maximum atomic E-state index is 4.66. The molecule has 0 bridgehead atoms. The van der Waals surface area contributed by atoms with Crippen molar-refractivity contribution < 1.29 is 0 Å². The van der Waals surface area contributed by atoms with E-state index in [-0.39, 0.29) is 0 Å². The maximum absolute atomic E-state index is 4.66. The summed E-state index contributed by atoms with van der Waals surface area (Å²) in [5.41, 5.74) is 4.30. The summed E-state index contributed by atoms with van der Waals surface area (Å²) in [5, 5.41) is 6.78. The van der Waals surface area contributed by atoms with Gasteiger partial charge >= 0.3 is 0 Å². The second kappa shape index (κ2) is 8.43. The first-order chi connectivity index (χ1) is 12.6. The molecule has 5 heteroatoms.